The summed E-state index contributed by atoms with van der Waals surface area (Å²) >= 11 is 0. The molecule has 0 heterocycles. The van der Waals surface area contributed by atoms with E-state index in [1.165, 1.54) is 33.0 Å². The van der Waals surface area contributed by atoms with Crippen LogP contribution in [0.1, 0.15) is 6.92 Å². The van der Waals surface area contributed by atoms with Crippen LogP contribution in [0.2, 0.25) is 0 Å². The lowest BCUT2D eigenvalue weighted by Gasteiger charge is -2.00. The number of hydrogen-bond acceptors (Lipinski definition) is 2. The smallest absolute Gasteiger partial charge is 0.00264 e. The zero-order valence-corrected chi connectivity index (χ0v) is 16.4. The van der Waals surface area contributed by atoms with E-state index in [1.54, 1.807) is 0 Å². The predicted octanol–water partition coefficient (Wildman–Crippen LogP) is 5.23. The first kappa shape index (κ1) is 19.2. The second-order valence-electron chi connectivity index (χ2n) is 6.99. The minimum atomic E-state index is 1.14. The minimum absolute atomic E-state index is 1.14. The van der Waals surface area contributed by atoms with E-state index in [2.05, 4.69) is 86.6 Å². The van der Waals surface area contributed by atoms with Gasteiger partial charge in [0, 0.05) is 0 Å². The molecule has 0 aromatic heterocycles. The number of benzene rings is 3. The minimum Gasteiger partial charge on any atom is -0.312 e. The topological polar surface area (TPSA) is 6.48 Å². The largest absolute Gasteiger partial charge is 0.312 e. The van der Waals surface area contributed by atoms with Crippen LogP contribution in [0.15, 0.2) is 60.7 Å². The Hall–Kier alpha value is -2.16. The summed E-state index contributed by atoms with van der Waals surface area (Å²) in [5, 5.41) is 2.75. The van der Waals surface area contributed by atoms with Gasteiger partial charge in [0.1, 0.15) is 0 Å². The molecule has 4 rings (SSSR count). The summed E-state index contributed by atoms with van der Waals surface area (Å²) in [7, 11) is 10.1. The van der Waals surface area contributed by atoms with E-state index in [1.807, 2.05) is 26.0 Å². The monoisotopic (exact) mass is 334 g/mol. The molecule has 3 aromatic carbocycles. The fourth-order valence-corrected chi connectivity index (χ4v) is 2.74. The maximum absolute atomic E-state index is 2.22. The van der Waals surface area contributed by atoms with Crippen LogP contribution in [0.4, 0.5) is 0 Å². The molecule has 0 saturated heterocycles. The molecule has 2 nitrogen and oxygen atoms in total. The van der Waals surface area contributed by atoms with E-state index in [4.69, 9.17) is 0 Å². The summed E-state index contributed by atoms with van der Waals surface area (Å²) in [6.07, 6.45) is 0. The molecule has 0 amide bonds. The van der Waals surface area contributed by atoms with Gasteiger partial charge in [-0.2, -0.15) is 0 Å². The molecular formula is C23H30N2. The Labute approximate surface area is 152 Å². The van der Waals surface area contributed by atoms with Crippen molar-refractivity contribution in [1.82, 2.24) is 9.80 Å². The van der Waals surface area contributed by atoms with Gasteiger partial charge >= 0.3 is 0 Å². The van der Waals surface area contributed by atoms with E-state index in [-0.39, 0.29) is 0 Å². The third-order valence-electron chi connectivity index (χ3n) is 4.04. The van der Waals surface area contributed by atoms with Gasteiger partial charge in [-0.25, -0.2) is 0 Å². The van der Waals surface area contributed by atoms with Crippen molar-refractivity contribution in [3.63, 3.8) is 0 Å². The highest BCUT2D eigenvalue weighted by molar-refractivity contribution is 6.15. The van der Waals surface area contributed by atoms with Crippen LogP contribution in [-0.2, 0) is 0 Å². The lowest BCUT2D eigenvalue weighted by atomic mass is 10.0. The quantitative estimate of drug-likeness (QED) is 0.470. The summed E-state index contributed by atoms with van der Waals surface area (Å²) in [6.45, 7) is 3.26. The van der Waals surface area contributed by atoms with Crippen molar-refractivity contribution in [3.05, 3.63) is 60.7 Å². The summed E-state index contributed by atoms with van der Waals surface area (Å²) in [5.74, 6) is 0. The Morgan fingerprint density at radius 3 is 1.32 bits per heavy atom. The first-order chi connectivity index (χ1) is 12.0. The molecule has 0 aliphatic heterocycles. The molecule has 2 heteroatoms. The molecule has 3 aromatic rings. The molecule has 0 N–H and O–H groups in total. The first-order valence-corrected chi connectivity index (χ1v) is 8.82. The van der Waals surface area contributed by atoms with Crippen LogP contribution in [0, 0.1) is 0 Å². The van der Waals surface area contributed by atoms with Crippen LogP contribution >= 0.6 is 0 Å². The molecule has 0 fully saturated rings. The Morgan fingerprint density at radius 2 is 0.960 bits per heavy atom. The van der Waals surface area contributed by atoms with Gasteiger partial charge in [0.2, 0.25) is 0 Å². The SMILES string of the molecule is CCN(C)C.CN(C)C.c1ccc2c(c1)-c1cccc3cccc-2c13. The Morgan fingerprint density at radius 1 is 0.600 bits per heavy atom. The van der Waals surface area contributed by atoms with Crippen molar-refractivity contribution in [1.29, 1.82) is 0 Å². The van der Waals surface area contributed by atoms with E-state index < -0.39 is 0 Å². The summed E-state index contributed by atoms with van der Waals surface area (Å²) in [6, 6.07) is 21.8. The number of rotatable bonds is 1. The molecule has 132 valence electrons. The highest BCUT2D eigenvalue weighted by atomic mass is 15.0. The number of nitrogens with zero attached hydrogens (tertiary/aromatic N) is 2. The van der Waals surface area contributed by atoms with E-state index in [0.29, 0.717) is 0 Å². The molecule has 0 unspecified atom stereocenters. The normalized spacial score (nSPS) is 10.9. The van der Waals surface area contributed by atoms with Crippen molar-refractivity contribution >= 4 is 10.8 Å². The lowest BCUT2D eigenvalue weighted by Crippen LogP contribution is -2.08. The molecule has 0 spiro atoms. The summed E-state index contributed by atoms with van der Waals surface area (Å²) in [5.41, 5.74) is 5.50. The van der Waals surface area contributed by atoms with Crippen molar-refractivity contribution in [2.75, 3.05) is 41.8 Å². The van der Waals surface area contributed by atoms with Gasteiger partial charge in [0.05, 0.1) is 0 Å². The summed E-state index contributed by atoms with van der Waals surface area (Å²) < 4.78 is 0. The van der Waals surface area contributed by atoms with Crippen LogP contribution in [0.5, 0.6) is 0 Å². The Balaban J connectivity index is 0.000000213. The van der Waals surface area contributed by atoms with Gasteiger partial charge < -0.3 is 9.80 Å². The van der Waals surface area contributed by atoms with Gasteiger partial charge in [-0.1, -0.05) is 67.6 Å². The first-order valence-electron chi connectivity index (χ1n) is 8.82. The average Bonchev–Trinajstić information content (AvgIpc) is 2.92. The van der Waals surface area contributed by atoms with Gasteiger partial charge in [-0.05, 0) is 74.8 Å². The molecule has 0 saturated carbocycles. The fourth-order valence-electron chi connectivity index (χ4n) is 2.74. The Bertz CT molecular complexity index is 759. The van der Waals surface area contributed by atoms with Gasteiger partial charge in [0.25, 0.3) is 0 Å². The summed E-state index contributed by atoms with van der Waals surface area (Å²) in [4.78, 5) is 4.12. The lowest BCUT2D eigenvalue weighted by molar-refractivity contribution is 0.434. The van der Waals surface area contributed by atoms with Crippen molar-refractivity contribution in [2.45, 2.75) is 6.92 Å². The van der Waals surface area contributed by atoms with Crippen LogP contribution in [-0.4, -0.2) is 51.6 Å². The van der Waals surface area contributed by atoms with E-state index >= 15 is 0 Å². The number of fused-ring (bicyclic) bond motifs is 3. The third-order valence-corrected chi connectivity index (χ3v) is 4.04. The van der Waals surface area contributed by atoms with Gasteiger partial charge in [-0.15, -0.1) is 0 Å². The maximum Gasteiger partial charge on any atom is -0.00264 e. The van der Waals surface area contributed by atoms with E-state index in [0.717, 1.165) is 6.54 Å². The molecular weight excluding hydrogens is 304 g/mol. The van der Waals surface area contributed by atoms with Crippen LogP contribution in [0.3, 0.4) is 0 Å². The van der Waals surface area contributed by atoms with Crippen molar-refractivity contribution < 1.29 is 0 Å². The third kappa shape index (κ3) is 4.68. The maximum atomic E-state index is 2.22. The van der Waals surface area contributed by atoms with Crippen molar-refractivity contribution in [2.24, 2.45) is 0 Å². The zero-order chi connectivity index (χ0) is 18.4. The van der Waals surface area contributed by atoms with Gasteiger partial charge in [0.15, 0.2) is 0 Å². The van der Waals surface area contributed by atoms with Crippen LogP contribution in [0.25, 0.3) is 33.0 Å². The fraction of sp³-hybridized carbons (Fsp3) is 0.304. The molecule has 0 radical (unpaired) electrons. The van der Waals surface area contributed by atoms with Crippen molar-refractivity contribution in [3.8, 4) is 22.3 Å². The molecule has 1 aliphatic carbocycles. The highest BCUT2D eigenvalue weighted by Crippen LogP contribution is 2.46. The zero-order valence-electron chi connectivity index (χ0n) is 16.4. The predicted molar refractivity (Wildman–Crippen MR) is 112 cm³/mol. The van der Waals surface area contributed by atoms with E-state index in [9.17, 15) is 0 Å². The second kappa shape index (κ2) is 8.80. The molecule has 1 aliphatic rings. The molecule has 25 heavy (non-hydrogen) atoms. The molecule has 0 atom stereocenters. The van der Waals surface area contributed by atoms with Crippen LogP contribution < -0.4 is 0 Å². The van der Waals surface area contributed by atoms with Gasteiger partial charge in [-0.3, -0.25) is 0 Å². The Kier molecular flexibility index (Phi) is 6.74. The number of hydrogen-bond donors (Lipinski definition) is 0. The average molecular weight is 335 g/mol. The highest BCUT2D eigenvalue weighted by Gasteiger charge is 2.19. The standard InChI is InChI=1S/C16H10.C4H11N.C3H9N/c1-2-8-13-12(7-1)14-9-3-5-11-6-4-10-15(13)16(11)14;1-4-5(2)3;1-4(2)3/h1-10H;4H2,1-3H3;1-3H3. The molecule has 0 bridgehead atoms. The second-order valence-corrected chi connectivity index (χ2v) is 6.99.